The average molecular weight is 341 g/mol. The zero-order chi connectivity index (χ0) is 17.9. The summed E-state index contributed by atoms with van der Waals surface area (Å²) >= 11 is 0. The number of hydrogen-bond acceptors (Lipinski definition) is 6. The lowest BCUT2D eigenvalue weighted by Gasteiger charge is -2.26. The Kier molecular flexibility index (Phi) is 5.06. The maximum atomic E-state index is 5.86. The van der Waals surface area contributed by atoms with Gasteiger partial charge in [-0.25, -0.2) is 0 Å². The Labute approximate surface area is 149 Å². The lowest BCUT2D eigenvalue weighted by molar-refractivity contribution is 0.295. The number of nitrogen functional groups attached to an aromatic ring is 1. The van der Waals surface area contributed by atoms with Gasteiger partial charge in [-0.3, -0.25) is 0 Å². The lowest BCUT2D eigenvalue weighted by atomic mass is 9.87. The van der Waals surface area contributed by atoms with Crippen molar-refractivity contribution in [2.75, 3.05) is 23.7 Å². The second kappa shape index (κ2) is 7.25. The topological polar surface area (TPSA) is 77.2 Å². The number of nitrogens with two attached hydrogens (primary N) is 1. The highest BCUT2D eigenvalue weighted by Gasteiger charge is 2.16. The van der Waals surface area contributed by atoms with Crippen molar-refractivity contribution in [1.82, 2.24) is 15.0 Å². The molecule has 0 bridgehead atoms. The molecule has 1 aliphatic rings. The Balaban J connectivity index is 1.67. The van der Waals surface area contributed by atoms with Gasteiger partial charge in [0.1, 0.15) is 12.4 Å². The van der Waals surface area contributed by atoms with Crippen molar-refractivity contribution in [2.24, 2.45) is 0 Å². The van der Waals surface area contributed by atoms with Crippen molar-refractivity contribution in [3.8, 4) is 5.75 Å². The van der Waals surface area contributed by atoms with E-state index in [1.807, 2.05) is 12.1 Å². The van der Waals surface area contributed by atoms with E-state index in [4.69, 9.17) is 10.5 Å². The molecule has 1 aromatic heterocycles. The molecule has 2 aromatic rings. The zero-order valence-corrected chi connectivity index (χ0v) is 15.3. The summed E-state index contributed by atoms with van der Waals surface area (Å²) in [6.07, 6.45) is 3.59. The van der Waals surface area contributed by atoms with E-state index in [0.717, 1.165) is 31.7 Å². The molecule has 2 heterocycles. The van der Waals surface area contributed by atoms with Gasteiger partial charge in [0.15, 0.2) is 5.82 Å². The fourth-order valence-corrected chi connectivity index (χ4v) is 2.92. The minimum atomic E-state index is 0.129. The summed E-state index contributed by atoms with van der Waals surface area (Å²) in [6.45, 7) is 8.80. The Bertz CT molecular complexity index is 703. The van der Waals surface area contributed by atoms with Gasteiger partial charge in [0.25, 0.3) is 0 Å². The van der Waals surface area contributed by atoms with Crippen LogP contribution in [0, 0.1) is 0 Å². The van der Waals surface area contributed by atoms with E-state index in [0.29, 0.717) is 11.8 Å². The first-order chi connectivity index (χ1) is 11.9. The van der Waals surface area contributed by atoms with Gasteiger partial charge < -0.3 is 15.4 Å². The molecule has 0 amide bonds. The van der Waals surface area contributed by atoms with Crippen LogP contribution >= 0.6 is 0 Å². The van der Waals surface area contributed by atoms with Crippen LogP contribution in [0.5, 0.6) is 5.75 Å². The van der Waals surface area contributed by atoms with Crippen LogP contribution in [0.3, 0.4) is 0 Å². The summed E-state index contributed by atoms with van der Waals surface area (Å²) in [4.78, 5) is 15.2. The largest absolute Gasteiger partial charge is 0.486 e. The van der Waals surface area contributed by atoms with Crippen LogP contribution in [0.25, 0.3) is 0 Å². The fourth-order valence-electron chi connectivity index (χ4n) is 2.92. The molecule has 1 aliphatic heterocycles. The molecule has 1 fully saturated rings. The minimum absolute atomic E-state index is 0.129. The van der Waals surface area contributed by atoms with Gasteiger partial charge in [-0.05, 0) is 42.4 Å². The highest BCUT2D eigenvalue weighted by molar-refractivity contribution is 5.35. The molecule has 6 heteroatoms. The Hall–Kier alpha value is -2.37. The highest BCUT2D eigenvalue weighted by Crippen LogP contribution is 2.24. The van der Waals surface area contributed by atoms with E-state index in [1.54, 1.807) is 0 Å². The molecule has 134 valence electrons. The van der Waals surface area contributed by atoms with Gasteiger partial charge in [0.05, 0.1) is 0 Å². The molecule has 6 nitrogen and oxygen atoms in total. The highest BCUT2D eigenvalue weighted by atomic mass is 16.5. The van der Waals surface area contributed by atoms with Crippen LogP contribution in [-0.4, -0.2) is 28.0 Å². The Morgan fingerprint density at radius 2 is 1.68 bits per heavy atom. The van der Waals surface area contributed by atoms with E-state index in [9.17, 15) is 0 Å². The number of hydrogen-bond donors (Lipinski definition) is 1. The lowest BCUT2D eigenvalue weighted by Crippen LogP contribution is -2.31. The second-order valence-electron chi connectivity index (χ2n) is 7.52. The Morgan fingerprint density at radius 1 is 1.00 bits per heavy atom. The van der Waals surface area contributed by atoms with E-state index < -0.39 is 0 Å². The molecule has 1 saturated heterocycles. The summed E-state index contributed by atoms with van der Waals surface area (Å²) in [6, 6.07) is 8.15. The molecule has 0 atom stereocenters. The minimum Gasteiger partial charge on any atom is -0.486 e. The second-order valence-corrected chi connectivity index (χ2v) is 7.52. The predicted octanol–water partition coefficient (Wildman–Crippen LogP) is 3.32. The van der Waals surface area contributed by atoms with Crippen LogP contribution in [0.2, 0.25) is 0 Å². The third-order valence-corrected chi connectivity index (χ3v) is 4.41. The number of benzene rings is 1. The molecule has 3 rings (SSSR count). The molecular weight excluding hydrogens is 314 g/mol. The van der Waals surface area contributed by atoms with Crippen molar-refractivity contribution in [3.05, 3.63) is 35.7 Å². The van der Waals surface area contributed by atoms with Gasteiger partial charge in [-0.2, -0.15) is 15.0 Å². The van der Waals surface area contributed by atoms with Crippen molar-refractivity contribution in [2.45, 2.75) is 52.1 Å². The van der Waals surface area contributed by atoms with E-state index in [2.05, 4.69) is 52.8 Å². The molecule has 0 spiro atoms. The summed E-state index contributed by atoms with van der Waals surface area (Å²) in [5.74, 6) is 2.27. The molecular formula is C19H27N5O. The number of ether oxygens (including phenoxy) is 1. The maximum absolute atomic E-state index is 5.86. The van der Waals surface area contributed by atoms with Crippen LogP contribution < -0.4 is 15.4 Å². The van der Waals surface area contributed by atoms with Crippen molar-refractivity contribution >= 4 is 11.9 Å². The molecule has 0 unspecified atom stereocenters. The number of anilines is 2. The maximum Gasteiger partial charge on any atom is 0.230 e. The standard InChI is InChI=1S/C19H27N5O/c1-19(2,3)14-7-9-15(10-8-14)25-13-16-21-17(20)23-18(22-16)24-11-5-4-6-12-24/h7-10H,4-6,11-13H2,1-3H3,(H2,20,21,22,23). The first-order valence-electron chi connectivity index (χ1n) is 8.90. The van der Waals surface area contributed by atoms with Gasteiger partial charge in [-0.15, -0.1) is 0 Å². The third kappa shape index (κ3) is 4.59. The van der Waals surface area contributed by atoms with Crippen LogP contribution in [-0.2, 0) is 12.0 Å². The van der Waals surface area contributed by atoms with E-state index >= 15 is 0 Å². The average Bonchev–Trinajstić information content (AvgIpc) is 2.60. The van der Waals surface area contributed by atoms with Crippen molar-refractivity contribution < 1.29 is 4.74 Å². The van der Waals surface area contributed by atoms with Crippen LogP contribution in [0.1, 0.15) is 51.4 Å². The molecule has 0 radical (unpaired) electrons. The first kappa shape index (κ1) is 17.5. The quantitative estimate of drug-likeness (QED) is 0.919. The normalized spacial score (nSPS) is 15.2. The molecule has 2 N–H and O–H groups in total. The van der Waals surface area contributed by atoms with Crippen molar-refractivity contribution in [3.63, 3.8) is 0 Å². The van der Waals surface area contributed by atoms with Crippen LogP contribution in [0.15, 0.2) is 24.3 Å². The molecule has 25 heavy (non-hydrogen) atoms. The van der Waals surface area contributed by atoms with Gasteiger partial charge >= 0.3 is 0 Å². The first-order valence-corrected chi connectivity index (χ1v) is 8.90. The zero-order valence-electron chi connectivity index (χ0n) is 15.3. The molecule has 0 aliphatic carbocycles. The van der Waals surface area contributed by atoms with Gasteiger partial charge in [0.2, 0.25) is 11.9 Å². The number of nitrogens with zero attached hydrogens (tertiary/aromatic N) is 4. The monoisotopic (exact) mass is 341 g/mol. The van der Waals surface area contributed by atoms with Gasteiger partial charge in [0, 0.05) is 13.1 Å². The van der Waals surface area contributed by atoms with Crippen molar-refractivity contribution in [1.29, 1.82) is 0 Å². The Morgan fingerprint density at radius 3 is 2.32 bits per heavy atom. The smallest absolute Gasteiger partial charge is 0.230 e. The number of rotatable bonds is 4. The van der Waals surface area contributed by atoms with Crippen LogP contribution in [0.4, 0.5) is 11.9 Å². The van der Waals surface area contributed by atoms with Gasteiger partial charge in [-0.1, -0.05) is 32.9 Å². The molecule has 0 saturated carbocycles. The number of piperidine rings is 1. The summed E-state index contributed by atoms with van der Waals surface area (Å²) in [5, 5.41) is 0. The molecule has 1 aromatic carbocycles. The predicted molar refractivity (Wildman–Crippen MR) is 99.8 cm³/mol. The fraction of sp³-hybridized carbons (Fsp3) is 0.526. The summed E-state index contributed by atoms with van der Waals surface area (Å²) in [5.41, 5.74) is 7.26. The summed E-state index contributed by atoms with van der Waals surface area (Å²) in [7, 11) is 0. The summed E-state index contributed by atoms with van der Waals surface area (Å²) < 4.78 is 5.83. The SMILES string of the molecule is CC(C)(C)c1ccc(OCc2nc(N)nc(N3CCCCC3)n2)cc1. The third-order valence-electron chi connectivity index (χ3n) is 4.41. The number of aromatic nitrogens is 3. The van der Waals surface area contributed by atoms with E-state index in [-0.39, 0.29) is 18.0 Å². The van der Waals surface area contributed by atoms with E-state index in [1.165, 1.54) is 12.0 Å².